The van der Waals surface area contributed by atoms with Crippen LogP contribution in [0.1, 0.15) is 30.0 Å². The molecule has 0 aliphatic carbocycles. The van der Waals surface area contributed by atoms with Crippen molar-refractivity contribution in [1.82, 2.24) is 9.80 Å². The average molecular weight is 377 g/mol. The fraction of sp³-hybridized carbons (Fsp3) is 0.391. The van der Waals surface area contributed by atoms with E-state index < -0.39 is 0 Å². The molecule has 3 rings (SSSR count). The van der Waals surface area contributed by atoms with E-state index in [1.165, 1.54) is 5.56 Å². The number of hydrogen-bond donors (Lipinski definition) is 0. The number of carbonyl (C=O) groups is 1. The van der Waals surface area contributed by atoms with Crippen LogP contribution in [0.5, 0.6) is 5.75 Å². The summed E-state index contributed by atoms with van der Waals surface area (Å²) >= 11 is 0. The van der Waals surface area contributed by atoms with E-state index in [2.05, 4.69) is 23.1 Å². The summed E-state index contributed by atoms with van der Waals surface area (Å²) < 4.78 is 5.49. The fourth-order valence-corrected chi connectivity index (χ4v) is 3.43. The van der Waals surface area contributed by atoms with Crippen molar-refractivity contribution in [3.63, 3.8) is 0 Å². The van der Waals surface area contributed by atoms with E-state index in [4.69, 9.17) is 10.00 Å². The molecule has 2 aromatic rings. The minimum atomic E-state index is 0.213. The fourth-order valence-electron chi connectivity index (χ4n) is 3.43. The highest BCUT2D eigenvalue weighted by Gasteiger charge is 2.20. The van der Waals surface area contributed by atoms with Crippen LogP contribution >= 0.6 is 0 Å². The number of nitrogens with zero attached hydrogens (tertiary/aromatic N) is 3. The summed E-state index contributed by atoms with van der Waals surface area (Å²) in [5.41, 5.74) is 3.02. The Morgan fingerprint density at radius 3 is 2.25 bits per heavy atom. The van der Waals surface area contributed by atoms with Gasteiger partial charge in [-0.1, -0.05) is 24.3 Å². The smallest absolute Gasteiger partial charge is 0.222 e. The first-order valence-electron chi connectivity index (χ1n) is 9.89. The van der Waals surface area contributed by atoms with Crippen molar-refractivity contribution in [3.8, 4) is 11.8 Å². The zero-order valence-electron chi connectivity index (χ0n) is 16.4. The van der Waals surface area contributed by atoms with E-state index in [-0.39, 0.29) is 5.91 Å². The summed E-state index contributed by atoms with van der Waals surface area (Å²) in [6.45, 7) is 6.93. The van der Waals surface area contributed by atoms with Gasteiger partial charge in [-0.15, -0.1) is 0 Å². The first-order chi connectivity index (χ1) is 13.7. The summed E-state index contributed by atoms with van der Waals surface area (Å²) in [7, 11) is 0. The molecule has 0 bridgehead atoms. The van der Waals surface area contributed by atoms with Crippen molar-refractivity contribution >= 4 is 5.91 Å². The third-order valence-electron chi connectivity index (χ3n) is 5.08. The maximum absolute atomic E-state index is 12.5. The third kappa shape index (κ3) is 5.58. The van der Waals surface area contributed by atoms with Gasteiger partial charge in [0.15, 0.2) is 0 Å². The Morgan fingerprint density at radius 2 is 1.64 bits per heavy atom. The quantitative estimate of drug-likeness (QED) is 0.743. The number of rotatable bonds is 7. The summed E-state index contributed by atoms with van der Waals surface area (Å²) in [5.74, 6) is 1.12. The number of carbonyl (C=O) groups excluding carboxylic acids is 1. The van der Waals surface area contributed by atoms with Crippen LogP contribution in [0, 0.1) is 11.3 Å². The molecule has 146 valence electrons. The molecule has 0 aromatic heterocycles. The molecule has 2 aromatic carbocycles. The molecular formula is C23H27N3O2. The van der Waals surface area contributed by atoms with Gasteiger partial charge in [0.1, 0.15) is 5.75 Å². The molecule has 0 unspecified atom stereocenters. The van der Waals surface area contributed by atoms with Gasteiger partial charge in [0.25, 0.3) is 0 Å². The second kappa shape index (κ2) is 9.91. The van der Waals surface area contributed by atoms with Crippen LogP contribution in [0.15, 0.2) is 48.5 Å². The van der Waals surface area contributed by atoms with Crippen LogP contribution in [-0.2, 0) is 17.8 Å². The molecule has 1 aliphatic heterocycles. The van der Waals surface area contributed by atoms with Crippen molar-refractivity contribution in [3.05, 3.63) is 65.2 Å². The second-order valence-corrected chi connectivity index (χ2v) is 7.04. The number of piperazine rings is 1. The number of hydrogen-bond acceptors (Lipinski definition) is 4. The lowest BCUT2D eigenvalue weighted by molar-refractivity contribution is -0.133. The second-order valence-electron chi connectivity index (χ2n) is 7.04. The predicted molar refractivity (Wildman–Crippen MR) is 109 cm³/mol. The summed E-state index contributed by atoms with van der Waals surface area (Å²) in [6, 6.07) is 17.8. The molecule has 0 N–H and O–H groups in total. The third-order valence-corrected chi connectivity index (χ3v) is 5.08. The van der Waals surface area contributed by atoms with E-state index in [1.54, 1.807) is 12.1 Å². The van der Waals surface area contributed by atoms with E-state index in [1.807, 2.05) is 36.1 Å². The average Bonchev–Trinajstić information content (AvgIpc) is 2.74. The van der Waals surface area contributed by atoms with E-state index in [9.17, 15) is 4.79 Å². The molecule has 1 amide bonds. The number of amides is 1. The normalized spacial score (nSPS) is 14.5. The number of ether oxygens (including phenoxy) is 1. The van der Waals surface area contributed by atoms with Gasteiger partial charge in [0, 0.05) is 39.1 Å². The number of nitriles is 1. The molecule has 1 fully saturated rings. The molecule has 0 saturated carbocycles. The Labute approximate surface area is 167 Å². The standard InChI is InChI=1S/C23H27N3O2/c1-2-28-22-10-7-21(8-11-22)18-25-13-15-26(16-14-25)23(27)12-9-19-3-5-20(17-24)6-4-19/h3-8,10-11H,2,9,12-16,18H2,1H3. The Balaban J connectivity index is 1.41. The van der Waals surface area contributed by atoms with Crippen molar-refractivity contribution in [1.29, 1.82) is 5.26 Å². The summed E-state index contributed by atoms with van der Waals surface area (Å²) in [5, 5.41) is 8.84. The van der Waals surface area contributed by atoms with Crippen molar-refractivity contribution in [2.45, 2.75) is 26.3 Å². The summed E-state index contributed by atoms with van der Waals surface area (Å²) in [6.07, 6.45) is 1.24. The topological polar surface area (TPSA) is 56.6 Å². The first kappa shape index (κ1) is 19.9. The maximum Gasteiger partial charge on any atom is 0.222 e. The Kier molecular flexibility index (Phi) is 7.05. The Bertz CT molecular complexity index is 801. The van der Waals surface area contributed by atoms with Gasteiger partial charge in [-0.3, -0.25) is 9.69 Å². The monoisotopic (exact) mass is 377 g/mol. The molecule has 28 heavy (non-hydrogen) atoms. The minimum absolute atomic E-state index is 0.213. The number of aryl methyl sites for hydroxylation is 1. The van der Waals surface area contributed by atoms with Gasteiger partial charge in [-0.05, 0) is 48.7 Å². The van der Waals surface area contributed by atoms with Gasteiger partial charge in [-0.2, -0.15) is 5.26 Å². The predicted octanol–water partition coefficient (Wildman–Crippen LogP) is 3.23. The molecule has 1 saturated heterocycles. The van der Waals surface area contributed by atoms with E-state index in [0.29, 0.717) is 18.6 Å². The zero-order valence-corrected chi connectivity index (χ0v) is 16.4. The Morgan fingerprint density at radius 1 is 1.00 bits per heavy atom. The minimum Gasteiger partial charge on any atom is -0.494 e. The molecule has 0 spiro atoms. The molecule has 0 radical (unpaired) electrons. The molecule has 0 atom stereocenters. The molecule has 1 heterocycles. The highest BCUT2D eigenvalue weighted by molar-refractivity contribution is 5.76. The van der Waals surface area contributed by atoms with Crippen LogP contribution in [0.3, 0.4) is 0 Å². The van der Waals surface area contributed by atoms with Crippen LogP contribution < -0.4 is 4.74 Å². The van der Waals surface area contributed by atoms with Gasteiger partial charge in [0.05, 0.1) is 18.2 Å². The van der Waals surface area contributed by atoms with Crippen LogP contribution in [0.4, 0.5) is 0 Å². The lowest BCUT2D eigenvalue weighted by Crippen LogP contribution is -2.48. The van der Waals surface area contributed by atoms with Crippen molar-refractivity contribution < 1.29 is 9.53 Å². The van der Waals surface area contributed by atoms with E-state index in [0.717, 1.165) is 50.5 Å². The molecule has 5 nitrogen and oxygen atoms in total. The number of benzene rings is 2. The molecule has 5 heteroatoms. The van der Waals surface area contributed by atoms with Crippen LogP contribution in [-0.4, -0.2) is 48.5 Å². The lowest BCUT2D eigenvalue weighted by atomic mass is 10.1. The summed E-state index contributed by atoms with van der Waals surface area (Å²) in [4.78, 5) is 16.9. The van der Waals surface area contributed by atoms with Crippen molar-refractivity contribution in [2.24, 2.45) is 0 Å². The van der Waals surface area contributed by atoms with Crippen molar-refractivity contribution in [2.75, 3.05) is 32.8 Å². The van der Waals surface area contributed by atoms with Gasteiger partial charge >= 0.3 is 0 Å². The zero-order chi connectivity index (χ0) is 19.8. The molecule has 1 aliphatic rings. The molecular weight excluding hydrogens is 350 g/mol. The Hall–Kier alpha value is -2.84. The highest BCUT2D eigenvalue weighted by atomic mass is 16.5. The van der Waals surface area contributed by atoms with Crippen LogP contribution in [0.2, 0.25) is 0 Å². The largest absolute Gasteiger partial charge is 0.494 e. The van der Waals surface area contributed by atoms with Crippen LogP contribution in [0.25, 0.3) is 0 Å². The SMILES string of the molecule is CCOc1ccc(CN2CCN(C(=O)CCc3ccc(C#N)cc3)CC2)cc1. The lowest BCUT2D eigenvalue weighted by Gasteiger charge is -2.35. The van der Waals surface area contributed by atoms with Gasteiger partial charge < -0.3 is 9.64 Å². The van der Waals surface area contributed by atoms with Gasteiger partial charge in [0.2, 0.25) is 5.91 Å². The van der Waals surface area contributed by atoms with Gasteiger partial charge in [-0.25, -0.2) is 0 Å². The highest BCUT2D eigenvalue weighted by Crippen LogP contribution is 2.15. The van der Waals surface area contributed by atoms with E-state index >= 15 is 0 Å². The maximum atomic E-state index is 12.5. The first-order valence-corrected chi connectivity index (χ1v) is 9.89.